The third kappa shape index (κ3) is 2.75. The quantitative estimate of drug-likeness (QED) is 0.825. The van der Waals surface area contributed by atoms with Crippen molar-refractivity contribution in [3.05, 3.63) is 16.1 Å². The molecular formula is C10H16N2O2S. The molecule has 0 radical (unpaired) electrons. The summed E-state index contributed by atoms with van der Waals surface area (Å²) < 4.78 is 5.33. The lowest BCUT2D eigenvalue weighted by molar-refractivity contribution is -0.0312. The van der Waals surface area contributed by atoms with Crippen molar-refractivity contribution in [2.24, 2.45) is 0 Å². The predicted molar refractivity (Wildman–Crippen MR) is 59.0 cm³/mol. The molecule has 0 amide bonds. The Morgan fingerprint density at radius 2 is 2.60 bits per heavy atom. The highest BCUT2D eigenvalue weighted by Gasteiger charge is 2.22. The summed E-state index contributed by atoms with van der Waals surface area (Å²) in [4.78, 5) is 6.67. The van der Waals surface area contributed by atoms with Gasteiger partial charge in [0.25, 0.3) is 0 Å². The second kappa shape index (κ2) is 5.03. The zero-order valence-corrected chi connectivity index (χ0v) is 9.66. The number of hydrogen-bond acceptors (Lipinski definition) is 5. The molecule has 84 valence electrons. The molecule has 1 unspecified atom stereocenters. The van der Waals surface area contributed by atoms with Crippen LogP contribution in [-0.2, 0) is 11.3 Å². The van der Waals surface area contributed by atoms with Gasteiger partial charge >= 0.3 is 0 Å². The fourth-order valence-electron chi connectivity index (χ4n) is 1.71. The van der Waals surface area contributed by atoms with Gasteiger partial charge in [-0.25, -0.2) is 4.98 Å². The van der Waals surface area contributed by atoms with Gasteiger partial charge in [0.1, 0.15) is 5.01 Å². The Labute approximate surface area is 93.5 Å². The number of aliphatic hydroxyl groups excluding tert-OH is 1. The largest absolute Gasteiger partial charge is 0.395 e. The molecule has 5 heteroatoms. The van der Waals surface area contributed by atoms with E-state index in [1.807, 2.05) is 6.92 Å². The third-order valence-corrected chi connectivity index (χ3v) is 3.52. The Bertz CT molecular complexity index is 316. The molecule has 1 N–H and O–H groups in total. The van der Waals surface area contributed by atoms with Crippen molar-refractivity contribution in [2.45, 2.75) is 19.5 Å². The van der Waals surface area contributed by atoms with Crippen LogP contribution in [0.1, 0.15) is 10.7 Å². The van der Waals surface area contributed by atoms with Crippen LogP contribution in [0.25, 0.3) is 0 Å². The highest BCUT2D eigenvalue weighted by Crippen LogP contribution is 2.15. The van der Waals surface area contributed by atoms with E-state index in [9.17, 15) is 5.11 Å². The normalized spacial score (nSPS) is 23.2. The van der Waals surface area contributed by atoms with Gasteiger partial charge < -0.3 is 9.84 Å². The number of rotatable bonds is 3. The van der Waals surface area contributed by atoms with Gasteiger partial charge in [-0.15, -0.1) is 11.3 Å². The van der Waals surface area contributed by atoms with Crippen LogP contribution in [-0.4, -0.2) is 47.4 Å². The van der Waals surface area contributed by atoms with Crippen LogP contribution in [0.2, 0.25) is 0 Å². The minimum absolute atomic E-state index is 0.128. The Morgan fingerprint density at radius 3 is 3.27 bits per heavy atom. The van der Waals surface area contributed by atoms with Gasteiger partial charge in [-0.1, -0.05) is 0 Å². The van der Waals surface area contributed by atoms with Gasteiger partial charge in [0, 0.05) is 17.6 Å². The van der Waals surface area contributed by atoms with Gasteiger partial charge in [0.15, 0.2) is 0 Å². The summed E-state index contributed by atoms with van der Waals surface area (Å²) in [5.41, 5.74) is 1.07. The Morgan fingerprint density at radius 1 is 1.73 bits per heavy atom. The lowest BCUT2D eigenvalue weighted by Gasteiger charge is -2.33. The number of nitrogens with zero attached hydrogens (tertiary/aromatic N) is 2. The fraction of sp³-hybridized carbons (Fsp3) is 0.700. The summed E-state index contributed by atoms with van der Waals surface area (Å²) in [6.45, 7) is 5.24. The highest BCUT2D eigenvalue weighted by atomic mass is 32.1. The van der Waals surface area contributed by atoms with Gasteiger partial charge in [-0.05, 0) is 6.92 Å². The zero-order chi connectivity index (χ0) is 10.7. The first kappa shape index (κ1) is 11.0. The van der Waals surface area contributed by atoms with Gasteiger partial charge in [-0.2, -0.15) is 0 Å². The van der Waals surface area contributed by atoms with Crippen molar-refractivity contribution < 1.29 is 9.84 Å². The summed E-state index contributed by atoms with van der Waals surface area (Å²) in [6.07, 6.45) is 0. The van der Waals surface area contributed by atoms with Crippen molar-refractivity contribution in [2.75, 3.05) is 26.4 Å². The Balaban J connectivity index is 1.97. The van der Waals surface area contributed by atoms with Crippen LogP contribution >= 0.6 is 11.3 Å². The van der Waals surface area contributed by atoms with Crippen LogP contribution in [0, 0.1) is 6.92 Å². The Hall–Kier alpha value is -0.490. The molecule has 2 rings (SSSR count). The van der Waals surface area contributed by atoms with Gasteiger partial charge in [0.05, 0.1) is 32.4 Å². The number of aryl methyl sites for hydroxylation is 1. The first-order chi connectivity index (χ1) is 7.29. The van der Waals surface area contributed by atoms with E-state index in [2.05, 4.69) is 15.3 Å². The first-order valence-corrected chi connectivity index (χ1v) is 6.01. The van der Waals surface area contributed by atoms with E-state index in [0.29, 0.717) is 6.61 Å². The molecular weight excluding hydrogens is 212 g/mol. The fourth-order valence-corrected chi connectivity index (χ4v) is 2.51. The molecule has 0 aliphatic carbocycles. The molecule has 0 spiro atoms. The van der Waals surface area contributed by atoms with Crippen molar-refractivity contribution >= 4 is 11.3 Å². The second-order valence-corrected chi connectivity index (χ2v) is 4.71. The average Bonchev–Trinajstić information content (AvgIpc) is 2.65. The number of ether oxygens (including phenoxy) is 1. The van der Waals surface area contributed by atoms with Crippen LogP contribution < -0.4 is 0 Å². The molecule has 1 aromatic heterocycles. The number of hydrogen-bond donors (Lipinski definition) is 1. The number of aliphatic hydroxyl groups is 1. The van der Waals surface area contributed by atoms with Crippen LogP contribution in [0.3, 0.4) is 0 Å². The highest BCUT2D eigenvalue weighted by molar-refractivity contribution is 7.09. The standard InChI is InChI=1S/C10H16N2O2S/c1-8-7-15-10(11-8)4-12-2-3-14-6-9(12)5-13/h7,9,13H,2-6H2,1H3. The lowest BCUT2D eigenvalue weighted by Crippen LogP contribution is -2.46. The summed E-state index contributed by atoms with van der Waals surface area (Å²) in [5.74, 6) is 0. The molecule has 15 heavy (non-hydrogen) atoms. The minimum atomic E-state index is 0.128. The molecule has 1 atom stereocenters. The van der Waals surface area contributed by atoms with Gasteiger partial charge in [-0.3, -0.25) is 4.90 Å². The molecule has 4 nitrogen and oxygen atoms in total. The van der Waals surface area contributed by atoms with Crippen molar-refractivity contribution in [1.82, 2.24) is 9.88 Å². The van der Waals surface area contributed by atoms with E-state index >= 15 is 0 Å². The molecule has 2 heterocycles. The first-order valence-electron chi connectivity index (χ1n) is 5.13. The maximum atomic E-state index is 9.21. The summed E-state index contributed by atoms with van der Waals surface area (Å²) in [6, 6.07) is 0.128. The molecule has 1 fully saturated rings. The molecule has 1 aliphatic heterocycles. The predicted octanol–water partition coefficient (Wildman–Crippen LogP) is 0.645. The molecule has 0 saturated carbocycles. The van der Waals surface area contributed by atoms with E-state index in [-0.39, 0.29) is 12.6 Å². The minimum Gasteiger partial charge on any atom is -0.395 e. The summed E-state index contributed by atoms with van der Waals surface area (Å²) in [5, 5.41) is 12.4. The number of thiazole rings is 1. The SMILES string of the molecule is Cc1csc(CN2CCOCC2CO)n1. The van der Waals surface area contributed by atoms with Crippen molar-refractivity contribution in [1.29, 1.82) is 0 Å². The van der Waals surface area contributed by atoms with Gasteiger partial charge in [0.2, 0.25) is 0 Å². The molecule has 1 aromatic rings. The Kier molecular flexibility index (Phi) is 3.69. The summed E-state index contributed by atoms with van der Waals surface area (Å²) >= 11 is 1.68. The third-order valence-electron chi connectivity index (χ3n) is 2.57. The maximum Gasteiger partial charge on any atom is 0.107 e. The number of aromatic nitrogens is 1. The molecule has 0 aromatic carbocycles. The molecule has 1 aliphatic rings. The second-order valence-electron chi connectivity index (χ2n) is 3.76. The van der Waals surface area contributed by atoms with Crippen LogP contribution in [0.4, 0.5) is 0 Å². The van der Waals surface area contributed by atoms with Crippen LogP contribution in [0.15, 0.2) is 5.38 Å². The summed E-state index contributed by atoms with van der Waals surface area (Å²) in [7, 11) is 0. The topological polar surface area (TPSA) is 45.6 Å². The monoisotopic (exact) mass is 228 g/mol. The van der Waals surface area contributed by atoms with E-state index in [4.69, 9.17) is 4.74 Å². The average molecular weight is 228 g/mol. The van der Waals surface area contributed by atoms with Crippen molar-refractivity contribution in [3.8, 4) is 0 Å². The smallest absolute Gasteiger partial charge is 0.107 e. The van der Waals surface area contributed by atoms with Crippen LogP contribution in [0.5, 0.6) is 0 Å². The zero-order valence-electron chi connectivity index (χ0n) is 8.85. The lowest BCUT2D eigenvalue weighted by atomic mass is 10.2. The van der Waals surface area contributed by atoms with Crippen molar-refractivity contribution in [3.63, 3.8) is 0 Å². The van der Waals surface area contributed by atoms with E-state index in [0.717, 1.165) is 30.4 Å². The van der Waals surface area contributed by atoms with E-state index in [1.165, 1.54) is 0 Å². The molecule has 1 saturated heterocycles. The molecule has 0 bridgehead atoms. The number of morpholine rings is 1. The van der Waals surface area contributed by atoms with E-state index < -0.39 is 0 Å². The maximum absolute atomic E-state index is 9.21. The van der Waals surface area contributed by atoms with E-state index in [1.54, 1.807) is 11.3 Å².